The van der Waals surface area contributed by atoms with Crippen molar-refractivity contribution >= 4 is 17.6 Å². The fraction of sp³-hybridized carbons (Fsp3) is 0.364. The van der Waals surface area contributed by atoms with E-state index in [1.54, 1.807) is 42.2 Å². The predicted molar refractivity (Wildman–Crippen MR) is 109 cm³/mol. The molecule has 7 heteroatoms. The summed E-state index contributed by atoms with van der Waals surface area (Å²) in [6.45, 7) is 2.37. The van der Waals surface area contributed by atoms with Crippen molar-refractivity contribution < 1.29 is 19.1 Å². The van der Waals surface area contributed by atoms with Gasteiger partial charge in [0.25, 0.3) is 0 Å². The zero-order chi connectivity index (χ0) is 20.4. The van der Waals surface area contributed by atoms with Crippen LogP contribution < -0.4 is 14.4 Å². The summed E-state index contributed by atoms with van der Waals surface area (Å²) in [6, 6.07) is 13.4. The highest BCUT2D eigenvalue weighted by atomic mass is 16.5. The second-order valence-corrected chi connectivity index (χ2v) is 7.23. The molecule has 0 radical (unpaired) electrons. The van der Waals surface area contributed by atoms with Crippen molar-refractivity contribution in [2.24, 2.45) is 0 Å². The lowest BCUT2D eigenvalue weighted by molar-refractivity contribution is -0.132. The summed E-state index contributed by atoms with van der Waals surface area (Å²) < 4.78 is 10.7. The second kappa shape index (κ2) is 8.03. The highest BCUT2D eigenvalue weighted by Gasteiger charge is 2.34. The van der Waals surface area contributed by atoms with Gasteiger partial charge in [0.1, 0.15) is 18.0 Å². The molecule has 152 valence electrons. The quantitative estimate of drug-likeness (QED) is 0.781. The average molecular weight is 395 g/mol. The van der Waals surface area contributed by atoms with E-state index < -0.39 is 0 Å². The summed E-state index contributed by atoms with van der Waals surface area (Å²) >= 11 is 0. The molecular formula is C22H25N3O4. The van der Waals surface area contributed by atoms with Crippen LogP contribution in [0.15, 0.2) is 42.5 Å². The summed E-state index contributed by atoms with van der Waals surface area (Å²) in [5.41, 5.74) is 3.13. The Bertz CT molecular complexity index is 930. The van der Waals surface area contributed by atoms with Gasteiger partial charge in [-0.15, -0.1) is 0 Å². The van der Waals surface area contributed by atoms with Gasteiger partial charge in [0.05, 0.1) is 19.9 Å². The number of rotatable bonds is 5. The van der Waals surface area contributed by atoms with Gasteiger partial charge in [0, 0.05) is 32.2 Å². The number of hydrogen-bond donors (Lipinski definition) is 0. The molecule has 3 amide bonds. The second-order valence-electron chi connectivity index (χ2n) is 7.23. The van der Waals surface area contributed by atoms with E-state index in [9.17, 15) is 9.59 Å². The third-order valence-electron chi connectivity index (χ3n) is 5.58. The Morgan fingerprint density at radius 2 is 1.79 bits per heavy atom. The number of urea groups is 1. The number of benzene rings is 2. The molecule has 0 aromatic heterocycles. The largest absolute Gasteiger partial charge is 0.497 e. The monoisotopic (exact) mass is 395 g/mol. The number of ether oxygens (including phenoxy) is 2. The van der Waals surface area contributed by atoms with E-state index in [2.05, 4.69) is 12.1 Å². The van der Waals surface area contributed by atoms with Gasteiger partial charge in [-0.1, -0.05) is 24.3 Å². The molecule has 0 atom stereocenters. The number of fused-ring (bicyclic) bond motifs is 1. The van der Waals surface area contributed by atoms with Gasteiger partial charge in [0.2, 0.25) is 5.91 Å². The number of carbonyl (C=O) groups is 2. The number of nitrogens with zero attached hydrogens (tertiary/aromatic N) is 3. The average Bonchev–Trinajstić information content (AvgIpc) is 3.12. The van der Waals surface area contributed by atoms with Crippen molar-refractivity contribution in [1.82, 2.24) is 9.80 Å². The number of hydrogen-bond acceptors (Lipinski definition) is 4. The van der Waals surface area contributed by atoms with Gasteiger partial charge in [-0.25, -0.2) is 4.79 Å². The summed E-state index contributed by atoms with van der Waals surface area (Å²) in [5.74, 6) is 1.22. The first-order valence-electron chi connectivity index (χ1n) is 9.73. The lowest BCUT2D eigenvalue weighted by atomic mass is 10.00. The minimum atomic E-state index is -0.192. The molecule has 4 rings (SSSR count). The molecule has 0 saturated carbocycles. The molecule has 7 nitrogen and oxygen atoms in total. The van der Waals surface area contributed by atoms with Gasteiger partial charge in [-0.2, -0.15) is 0 Å². The van der Waals surface area contributed by atoms with Crippen LogP contribution in [0, 0.1) is 0 Å². The molecule has 2 aromatic carbocycles. The zero-order valence-electron chi connectivity index (χ0n) is 16.8. The highest BCUT2D eigenvalue weighted by Crippen LogP contribution is 2.34. The minimum Gasteiger partial charge on any atom is -0.497 e. The molecule has 2 aliphatic rings. The van der Waals surface area contributed by atoms with E-state index in [4.69, 9.17) is 9.47 Å². The Hall–Kier alpha value is -3.22. The third-order valence-corrected chi connectivity index (χ3v) is 5.58. The van der Waals surface area contributed by atoms with Crippen LogP contribution in [-0.2, 0) is 17.8 Å². The summed E-state index contributed by atoms with van der Waals surface area (Å²) in [5, 5.41) is 0. The molecule has 0 bridgehead atoms. The van der Waals surface area contributed by atoms with E-state index in [-0.39, 0.29) is 18.5 Å². The number of carbonyl (C=O) groups excluding carboxylic acids is 2. The van der Waals surface area contributed by atoms with Gasteiger partial charge in [-0.3, -0.25) is 9.69 Å². The van der Waals surface area contributed by atoms with Crippen molar-refractivity contribution in [3.8, 4) is 11.5 Å². The van der Waals surface area contributed by atoms with Crippen LogP contribution in [0.25, 0.3) is 0 Å². The fourth-order valence-corrected chi connectivity index (χ4v) is 3.93. The van der Waals surface area contributed by atoms with Crippen molar-refractivity contribution in [1.29, 1.82) is 0 Å². The highest BCUT2D eigenvalue weighted by molar-refractivity contribution is 5.98. The molecule has 0 aliphatic carbocycles. The number of amides is 3. The van der Waals surface area contributed by atoms with Crippen LogP contribution in [0.3, 0.4) is 0 Å². The molecule has 0 unspecified atom stereocenters. The van der Waals surface area contributed by atoms with Gasteiger partial charge in [0.15, 0.2) is 0 Å². The molecule has 29 heavy (non-hydrogen) atoms. The van der Waals surface area contributed by atoms with Crippen molar-refractivity contribution in [3.05, 3.63) is 53.6 Å². The minimum absolute atomic E-state index is 0.0210. The normalized spacial score (nSPS) is 16.1. The molecule has 2 aromatic rings. The van der Waals surface area contributed by atoms with Crippen LogP contribution in [0.4, 0.5) is 10.5 Å². The Kier molecular flexibility index (Phi) is 5.29. The van der Waals surface area contributed by atoms with Crippen LogP contribution in [0.2, 0.25) is 0 Å². The molecule has 1 saturated heterocycles. The molecule has 0 spiro atoms. The van der Waals surface area contributed by atoms with Crippen LogP contribution >= 0.6 is 0 Å². The molecule has 1 fully saturated rings. The lowest BCUT2D eigenvalue weighted by Gasteiger charge is -2.30. The number of methoxy groups -OCH3 is 2. The van der Waals surface area contributed by atoms with Crippen molar-refractivity contribution in [2.45, 2.75) is 13.0 Å². The maximum atomic E-state index is 13.0. The fourth-order valence-electron chi connectivity index (χ4n) is 3.93. The topological polar surface area (TPSA) is 62.3 Å². The van der Waals surface area contributed by atoms with Crippen molar-refractivity contribution in [3.63, 3.8) is 0 Å². The van der Waals surface area contributed by atoms with Gasteiger partial charge < -0.3 is 19.3 Å². The first-order chi connectivity index (χ1) is 14.1. The molecule has 2 aliphatic heterocycles. The van der Waals surface area contributed by atoms with Crippen molar-refractivity contribution in [2.75, 3.05) is 45.3 Å². The Labute approximate surface area is 170 Å². The molecular weight excluding hydrogens is 370 g/mol. The first kappa shape index (κ1) is 19.1. The number of anilines is 1. The van der Waals surface area contributed by atoms with E-state index in [0.717, 1.165) is 6.42 Å². The molecule has 2 heterocycles. The third kappa shape index (κ3) is 3.72. The first-order valence-corrected chi connectivity index (χ1v) is 9.73. The lowest BCUT2D eigenvalue weighted by Crippen LogP contribution is -2.44. The van der Waals surface area contributed by atoms with E-state index in [0.29, 0.717) is 43.4 Å². The SMILES string of the molecule is COc1ccc(OC)c(N2CCN(CC(=O)N3CCc4ccccc4C3)C2=O)c1. The van der Waals surface area contributed by atoms with E-state index >= 15 is 0 Å². The van der Waals surface area contributed by atoms with Gasteiger partial charge >= 0.3 is 6.03 Å². The van der Waals surface area contributed by atoms with Crippen LogP contribution in [0.1, 0.15) is 11.1 Å². The Morgan fingerprint density at radius 3 is 2.55 bits per heavy atom. The standard InChI is InChI=1S/C22H25N3O4/c1-28-18-7-8-20(29-2)19(13-18)25-12-11-24(22(25)27)15-21(26)23-10-9-16-5-3-4-6-17(16)14-23/h3-8,13H,9-12,14-15H2,1-2H3. The Morgan fingerprint density at radius 1 is 1.00 bits per heavy atom. The van der Waals surface area contributed by atoms with Crippen LogP contribution in [-0.4, -0.2) is 62.1 Å². The summed E-state index contributed by atoms with van der Waals surface area (Å²) in [6.07, 6.45) is 0.850. The summed E-state index contributed by atoms with van der Waals surface area (Å²) in [7, 11) is 3.15. The predicted octanol–water partition coefficient (Wildman–Crippen LogP) is 2.53. The van der Waals surface area contributed by atoms with E-state index in [1.165, 1.54) is 11.1 Å². The maximum absolute atomic E-state index is 13.0. The maximum Gasteiger partial charge on any atom is 0.325 e. The Balaban J connectivity index is 1.44. The smallest absolute Gasteiger partial charge is 0.325 e. The summed E-state index contributed by atoms with van der Waals surface area (Å²) in [4.78, 5) is 30.9. The molecule has 0 N–H and O–H groups in total. The van der Waals surface area contributed by atoms with Gasteiger partial charge in [-0.05, 0) is 29.7 Å². The van der Waals surface area contributed by atoms with E-state index in [1.807, 2.05) is 17.0 Å². The zero-order valence-corrected chi connectivity index (χ0v) is 16.8. The van der Waals surface area contributed by atoms with Crippen LogP contribution in [0.5, 0.6) is 11.5 Å².